The lowest BCUT2D eigenvalue weighted by Crippen LogP contribution is -2.30. The molecule has 1 aromatic carbocycles. The largest absolute Gasteiger partial charge is 0.494 e. The number of ether oxygens (including phenoxy) is 1. The Kier molecular flexibility index (Phi) is 4.49. The molecule has 3 N–H and O–H groups in total. The summed E-state index contributed by atoms with van der Waals surface area (Å²) >= 11 is 0. The summed E-state index contributed by atoms with van der Waals surface area (Å²) in [5, 5.41) is 0. The monoisotopic (exact) mass is 257 g/mol. The number of para-hydroxylation sites is 1. The van der Waals surface area contributed by atoms with Gasteiger partial charge in [-0.3, -0.25) is 10.8 Å². The van der Waals surface area contributed by atoms with Crippen LogP contribution in [0.3, 0.4) is 0 Å². The number of nitrogens with two attached hydrogens (primary N) is 1. The molecular weight excluding hydrogens is 238 g/mol. The van der Waals surface area contributed by atoms with Gasteiger partial charge in [-0.2, -0.15) is 0 Å². The fourth-order valence-corrected chi connectivity index (χ4v) is 2.07. The van der Waals surface area contributed by atoms with Crippen LogP contribution in [0.15, 0.2) is 42.5 Å². The van der Waals surface area contributed by atoms with E-state index in [-0.39, 0.29) is 6.04 Å². The van der Waals surface area contributed by atoms with Crippen molar-refractivity contribution >= 4 is 0 Å². The first-order valence-electron chi connectivity index (χ1n) is 6.37. The van der Waals surface area contributed by atoms with E-state index in [0.29, 0.717) is 6.61 Å². The van der Waals surface area contributed by atoms with E-state index in [2.05, 4.69) is 10.4 Å². The van der Waals surface area contributed by atoms with Gasteiger partial charge in [-0.15, -0.1) is 0 Å². The maximum Gasteiger partial charge on any atom is 0.124 e. The predicted molar refractivity (Wildman–Crippen MR) is 75.8 cm³/mol. The van der Waals surface area contributed by atoms with Crippen LogP contribution in [0.4, 0.5) is 0 Å². The summed E-state index contributed by atoms with van der Waals surface area (Å²) < 4.78 is 5.65. The van der Waals surface area contributed by atoms with Gasteiger partial charge in [0.15, 0.2) is 0 Å². The average molecular weight is 257 g/mol. The van der Waals surface area contributed by atoms with Gasteiger partial charge >= 0.3 is 0 Å². The highest BCUT2D eigenvalue weighted by Crippen LogP contribution is 2.28. The molecule has 0 amide bonds. The van der Waals surface area contributed by atoms with E-state index >= 15 is 0 Å². The molecule has 0 bridgehead atoms. The first-order chi connectivity index (χ1) is 9.26. The van der Waals surface area contributed by atoms with E-state index in [1.54, 1.807) is 0 Å². The summed E-state index contributed by atoms with van der Waals surface area (Å²) in [6, 6.07) is 13.6. The number of aromatic nitrogens is 1. The van der Waals surface area contributed by atoms with E-state index < -0.39 is 0 Å². The van der Waals surface area contributed by atoms with Crippen molar-refractivity contribution in [3.63, 3.8) is 0 Å². The zero-order valence-electron chi connectivity index (χ0n) is 11.3. The number of rotatable bonds is 5. The van der Waals surface area contributed by atoms with Gasteiger partial charge in [0.05, 0.1) is 18.3 Å². The number of nitrogens with one attached hydrogen (secondary N) is 1. The molecule has 1 aromatic heterocycles. The van der Waals surface area contributed by atoms with Crippen molar-refractivity contribution in [1.29, 1.82) is 0 Å². The first-order valence-corrected chi connectivity index (χ1v) is 6.37. The number of benzene rings is 1. The third kappa shape index (κ3) is 3.10. The standard InChI is InChI=1S/C15H19N3O/c1-3-19-14-10-5-4-8-12(14)15(18-16)13-9-6-7-11(2)17-13/h4-10,15,18H,3,16H2,1-2H3. The van der Waals surface area contributed by atoms with Gasteiger partial charge in [0.2, 0.25) is 0 Å². The molecule has 1 unspecified atom stereocenters. The second kappa shape index (κ2) is 6.31. The average Bonchev–Trinajstić information content (AvgIpc) is 2.42. The Morgan fingerprint density at radius 1 is 1.21 bits per heavy atom. The second-order valence-corrected chi connectivity index (χ2v) is 4.27. The second-order valence-electron chi connectivity index (χ2n) is 4.27. The van der Waals surface area contributed by atoms with Crippen molar-refractivity contribution in [2.75, 3.05) is 6.61 Å². The molecule has 1 atom stereocenters. The Balaban J connectivity index is 2.42. The lowest BCUT2D eigenvalue weighted by molar-refractivity contribution is 0.333. The maximum atomic E-state index is 5.71. The molecule has 4 nitrogen and oxygen atoms in total. The van der Waals surface area contributed by atoms with Crippen molar-refractivity contribution in [1.82, 2.24) is 10.4 Å². The Morgan fingerprint density at radius 2 is 2.00 bits per heavy atom. The van der Waals surface area contributed by atoms with Crippen molar-refractivity contribution in [3.8, 4) is 5.75 Å². The van der Waals surface area contributed by atoms with E-state index in [9.17, 15) is 0 Å². The molecule has 19 heavy (non-hydrogen) atoms. The zero-order chi connectivity index (χ0) is 13.7. The number of pyridine rings is 1. The highest BCUT2D eigenvalue weighted by Gasteiger charge is 2.17. The van der Waals surface area contributed by atoms with Crippen molar-refractivity contribution in [2.45, 2.75) is 19.9 Å². The number of hydrogen-bond donors (Lipinski definition) is 2. The fourth-order valence-electron chi connectivity index (χ4n) is 2.07. The van der Waals surface area contributed by atoms with Gasteiger partial charge in [0.1, 0.15) is 5.75 Å². The lowest BCUT2D eigenvalue weighted by atomic mass is 10.0. The Labute approximate surface area is 113 Å². The summed E-state index contributed by atoms with van der Waals surface area (Å²) in [5.41, 5.74) is 5.66. The zero-order valence-corrected chi connectivity index (χ0v) is 11.3. The van der Waals surface area contributed by atoms with E-state index in [1.807, 2.05) is 56.3 Å². The minimum absolute atomic E-state index is 0.178. The van der Waals surface area contributed by atoms with Crippen LogP contribution in [0.25, 0.3) is 0 Å². The van der Waals surface area contributed by atoms with Crippen LogP contribution >= 0.6 is 0 Å². The molecule has 0 fully saturated rings. The lowest BCUT2D eigenvalue weighted by Gasteiger charge is -2.19. The molecule has 0 aliphatic heterocycles. The normalized spacial score (nSPS) is 12.2. The number of hydrazine groups is 1. The minimum Gasteiger partial charge on any atom is -0.494 e. The molecular formula is C15H19N3O. The summed E-state index contributed by atoms with van der Waals surface area (Å²) in [5.74, 6) is 6.54. The van der Waals surface area contributed by atoms with E-state index in [1.165, 1.54) is 0 Å². The Hall–Kier alpha value is -1.91. The van der Waals surface area contributed by atoms with Crippen LogP contribution in [0.2, 0.25) is 0 Å². The van der Waals surface area contributed by atoms with E-state index in [4.69, 9.17) is 10.6 Å². The molecule has 4 heteroatoms. The summed E-state index contributed by atoms with van der Waals surface area (Å²) in [6.07, 6.45) is 0. The van der Waals surface area contributed by atoms with Crippen LogP contribution in [0, 0.1) is 6.92 Å². The van der Waals surface area contributed by atoms with Crippen molar-refractivity contribution < 1.29 is 4.74 Å². The SMILES string of the molecule is CCOc1ccccc1C(NN)c1cccc(C)n1. The van der Waals surface area contributed by atoms with Crippen molar-refractivity contribution in [2.24, 2.45) is 5.84 Å². The van der Waals surface area contributed by atoms with E-state index in [0.717, 1.165) is 22.7 Å². The number of aryl methyl sites for hydroxylation is 1. The predicted octanol–water partition coefficient (Wildman–Crippen LogP) is 2.34. The molecule has 100 valence electrons. The molecule has 0 aliphatic rings. The van der Waals surface area contributed by atoms with Gasteiger partial charge < -0.3 is 4.74 Å². The number of hydrogen-bond acceptors (Lipinski definition) is 4. The molecule has 0 radical (unpaired) electrons. The molecule has 0 saturated heterocycles. The highest BCUT2D eigenvalue weighted by atomic mass is 16.5. The Bertz CT molecular complexity index is 542. The molecule has 2 rings (SSSR count). The molecule has 1 heterocycles. The van der Waals surface area contributed by atoms with Crippen LogP contribution in [0.5, 0.6) is 5.75 Å². The summed E-state index contributed by atoms with van der Waals surface area (Å²) in [6.45, 7) is 4.55. The van der Waals surface area contributed by atoms with Gasteiger partial charge in [0.25, 0.3) is 0 Å². The first kappa shape index (κ1) is 13.5. The molecule has 2 aromatic rings. The third-order valence-corrected chi connectivity index (χ3v) is 2.90. The van der Waals surface area contributed by atoms with Gasteiger partial charge in [-0.1, -0.05) is 24.3 Å². The topological polar surface area (TPSA) is 60.2 Å². The summed E-state index contributed by atoms with van der Waals surface area (Å²) in [7, 11) is 0. The summed E-state index contributed by atoms with van der Waals surface area (Å²) in [4.78, 5) is 4.52. The Morgan fingerprint density at radius 3 is 2.68 bits per heavy atom. The molecule has 0 saturated carbocycles. The van der Waals surface area contributed by atoms with Gasteiger partial charge in [0, 0.05) is 11.3 Å². The smallest absolute Gasteiger partial charge is 0.124 e. The molecule has 0 aliphatic carbocycles. The number of nitrogens with zero attached hydrogens (tertiary/aromatic N) is 1. The van der Waals surface area contributed by atoms with Crippen molar-refractivity contribution in [3.05, 3.63) is 59.4 Å². The van der Waals surface area contributed by atoms with Crippen LogP contribution in [-0.2, 0) is 0 Å². The fraction of sp³-hybridized carbons (Fsp3) is 0.267. The van der Waals surface area contributed by atoms with Gasteiger partial charge in [-0.25, -0.2) is 5.43 Å². The third-order valence-electron chi connectivity index (χ3n) is 2.90. The maximum absolute atomic E-state index is 5.71. The van der Waals surface area contributed by atoms with Gasteiger partial charge in [-0.05, 0) is 32.0 Å². The quantitative estimate of drug-likeness (QED) is 0.637. The highest BCUT2D eigenvalue weighted by molar-refractivity contribution is 5.40. The van der Waals surface area contributed by atoms with Crippen LogP contribution in [0.1, 0.15) is 29.9 Å². The minimum atomic E-state index is -0.178. The molecule has 0 spiro atoms. The van der Waals surface area contributed by atoms with Crippen LogP contribution in [-0.4, -0.2) is 11.6 Å². The van der Waals surface area contributed by atoms with Crippen LogP contribution < -0.4 is 16.0 Å².